The van der Waals surface area contributed by atoms with Crippen molar-refractivity contribution >= 4 is 0 Å². The van der Waals surface area contributed by atoms with Crippen LogP contribution in [0.3, 0.4) is 0 Å². The van der Waals surface area contributed by atoms with Crippen LogP contribution in [0.15, 0.2) is 0 Å². The van der Waals surface area contributed by atoms with E-state index in [0.29, 0.717) is 6.42 Å². The fourth-order valence-corrected chi connectivity index (χ4v) is 3.45. The van der Waals surface area contributed by atoms with Gasteiger partial charge in [0.25, 0.3) is 0 Å². The second-order valence-electron chi connectivity index (χ2n) is 5.52. The highest BCUT2D eigenvalue weighted by Gasteiger charge is 2.72. The molecule has 2 unspecified atom stereocenters. The molecule has 1 aliphatic carbocycles. The lowest BCUT2D eigenvalue weighted by atomic mass is 9.91. The summed E-state index contributed by atoms with van der Waals surface area (Å²) in [6.45, 7) is 1.73. The van der Waals surface area contributed by atoms with Crippen LogP contribution in [-0.4, -0.2) is 43.2 Å². The van der Waals surface area contributed by atoms with Gasteiger partial charge in [-0.05, 0) is 24.7 Å². The molecule has 0 amide bonds. The van der Waals surface area contributed by atoms with Crippen LogP contribution in [-0.2, 0) is 0 Å². The molecule has 86 valence electrons. The van der Waals surface area contributed by atoms with Crippen molar-refractivity contribution in [1.29, 1.82) is 0 Å². The quantitative estimate of drug-likeness (QED) is 0.396. The van der Waals surface area contributed by atoms with Gasteiger partial charge in [0.2, 0.25) is 11.8 Å². The molecular weight excluding hydrogens is 198 g/mol. The summed E-state index contributed by atoms with van der Waals surface area (Å²) in [6, 6.07) is -0.0995. The van der Waals surface area contributed by atoms with Crippen molar-refractivity contribution in [3.8, 4) is 0 Å². The van der Waals surface area contributed by atoms with Gasteiger partial charge in [-0.1, -0.05) is 6.92 Å². The maximum absolute atomic E-state index is 9.89. The first-order valence-corrected chi connectivity index (χ1v) is 5.49. The van der Waals surface area contributed by atoms with Crippen molar-refractivity contribution in [3.05, 3.63) is 0 Å². The Balaban J connectivity index is 2.03. The molecule has 3 fully saturated rings. The number of aliphatic hydroxyl groups is 4. The van der Waals surface area contributed by atoms with Crippen molar-refractivity contribution in [2.45, 2.75) is 50.5 Å². The van der Waals surface area contributed by atoms with E-state index in [0.717, 1.165) is 17.7 Å². The van der Waals surface area contributed by atoms with Crippen LogP contribution in [0.2, 0.25) is 0 Å². The molecular formula is C10H17NO4. The molecule has 0 aromatic heterocycles. The van der Waals surface area contributed by atoms with Crippen LogP contribution in [0.4, 0.5) is 0 Å². The minimum atomic E-state index is -2.08. The second kappa shape index (κ2) is 2.38. The third kappa shape index (κ3) is 1.05. The van der Waals surface area contributed by atoms with Crippen LogP contribution in [0, 0.1) is 11.3 Å². The molecule has 5 nitrogen and oxygen atoms in total. The van der Waals surface area contributed by atoms with E-state index < -0.39 is 11.8 Å². The third-order valence-corrected chi connectivity index (χ3v) is 4.48. The van der Waals surface area contributed by atoms with E-state index in [4.69, 9.17) is 0 Å². The Hall–Kier alpha value is -0.200. The van der Waals surface area contributed by atoms with E-state index in [2.05, 4.69) is 0 Å². The monoisotopic (exact) mass is 215 g/mol. The largest absolute Gasteiger partial charge is 0.353 e. The van der Waals surface area contributed by atoms with Crippen molar-refractivity contribution in [2.75, 3.05) is 0 Å². The summed E-state index contributed by atoms with van der Waals surface area (Å²) in [5.74, 6) is -4.49. The van der Waals surface area contributed by atoms with Crippen LogP contribution in [0.1, 0.15) is 32.6 Å². The molecule has 0 radical (unpaired) electrons. The minimum absolute atomic E-state index is 0.0784. The van der Waals surface area contributed by atoms with Crippen molar-refractivity contribution in [1.82, 2.24) is 4.90 Å². The highest BCUT2D eigenvalue weighted by molar-refractivity contribution is 5.16. The number of nitrogens with zero attached hydrogens (tertiary/aromatic N) is 1. The predicted molar refractivity (Wildman–Crippen MR) is 50.0 cm³/mol. The van der Waals surface area contributed by atoms with Gasteiger partial charge in [0.05, 0.1) is 0 Å². The number of fused-ring (bicyclic) bond motifs is 2. The molecule has 2 aliphatic heterocycles. The normalized spacial score (nSPS) is 44.6. The van der Waals surface area contributed by atoms with Gasteiger partial charge in [-0.2, -0.15) is 4.90 Å². The van der Waals surface area contributed by atoms with Crippen molar-refractivity contribution in [3.63, 3.8) is 0 Å². The molecule has 15 heavy (non-hydrogen) atoms. The van der Waals surface area contributed by atoms with Crippen molar-refractivity contribution in [2.24, 2.45) is 11.3 Å². The Morgan fingerprint density at radius 1 is 1.13 bits per heavy atom. The zero-order valence-electron chi connectivity index (χ0n) is 8.72. The van der Waals surface area contributed by atoms with E-state index in [1.165, 1.54) is 0 Å². The summed E-state index contributed by atoms with van der Waals surface area (Å²) in [7, 11) is 0. The number of hydrogen-bond acceptors (Lipinski definition) is 5. The number of hydrogen-bond donors (Lipinski definition) is 4. The van der Waals surface area contributed by atoms with Gasteiger partial charge < -0.3 is 20.4 Å². The van der Waals surface area contributed by atoms with Crippen LogP contribution in [0.25, 0.3) is 0 Å². The maximum atomic E-state index is 9.89. The first-order valence-electron chi connectivity index (χ1n) is 5.49. The summed E-state index contributed by atoms with van der Waals surface area (Å²) >= 11 is 0. The van der Waals surface area contributed by atoms with Gasteiger partial charge >= 0.3 is 0 Å². The first kappa shape index (κ1) is 9.99. The van der Waals surface area contributed by atoms with Gasteiger partial charge in [-0.3, -0.25) is 0 Å². The standard InChI is InChI=1S/C10H17NO4/c1-6-4-7-8(2-3-8)5-9(12,13)11(7)10(6,14)15/h6-7,12-15H,2-5H2,1H3. The fourth-order valence-electron chi connectivity index (χ4n) is 3.45. The molecule has 3 aliphatic rings. The zero-order valence-corrected chi connectivity index (χ0v) is 8.72. The molecule has 1 spiro atoms. The highest BCUT2D eigenvalue weighted by atomic mass is 16.6. The van der Waals surface area contributed by atoms with Crippen LogP contribution >= 0.6 is 0 Å². The summed E-state index contributed by atoms with van der Waals surface area (Å²) in [4.78, 5) is 1.09. The summed E-state index contributed by atoms with van der Waals surface area (Å²) in [5, 5.41) is 39.5. The molecule has 2 atom stereocenters. The van der Waals surface area contributed by atoms with Gasteiger partial charge in [0.1, 0.15) is 0 Å². The first-order chi connectivity index (χ1) is 6.80. The van der Waals surface area contributed by atoms with Gasteiger partial charge in [0, 0.05) is 18.4 Å². The molecule has 0 bridgehead atoms. The Morgan fingerprint density at radius 2 is 1.73 bits per heavy atom. The van der Waals surface area contributed by atoms with Gasteiger partial charge in [-0.15, -0.1) is 0 Å². The molecule has 4 N–H and O–H groups in total. The lowest BCUT2D eigenvalue weighted by molar-refractivity contribution is -0.372. The molecule has 3 rings (SSSR count). The molecule has 2 heterocycles. The lowest BCUT2D eigenvalue weighted by Gasteiger charge is -2.37. The smallest absolute Gasteiger partial charge is 0.232 e. The topological polar surface area (TPSA) is 84.2 Å². The van der Waals surface area contributed by atoms with Crippen LogP contribution < -0.4 is 0 Å². The summed E-state index contributed by atoms with van der Waals surface area (Å²) in [6.07, 6.45) is 2.77. The molecule has 5 heteroatoms. The van der Waals surface area contributed by atoms with E-state index in [1.54, 1.807) is 6.92 Å². The Labute approximate surface area is 87.9 Å². The SMILES string of the molecule is CC1CC2N(C(O)(O)CC23CC3)C1(O)O. The highest BCUT2D eigenvalue weighted by Crippen LogP contribution is 2.66. The van der Waals surface area contributed by atoms with Gasteiger partial charge in [0.15, 0.2) is 0 Å². The number of rotatable bonds is 0. The Morgan fingerprint density at radius 3 is 2.27 bits per heavy atom. The fraction of sp³-hybridized carbons (Fsp3) is 1.00. The second-order valence-corrected chi connectivity index (χ2v) is 5.52. The molecule has 0 aromatic rings. The third-order valence-electron chi connectivity index (χ3n) is 4.48. The average Bonchev–Trinajstić information content (AvgIpc) is 2.71. The van der Waals surface area contributed by atoms with Gasteiger partial charge in [-0.25, -0.2) is 0 Å². The minimum Gasteiger partial charge on any atom is -0.353 e. The lowest BCUT2D eigenvalue weighted by Crippen LogP contribution is -2.58. The average molecular weight is 215 g/mol. The molecule has 1 saturated carbocycles. The Kier molecular flexibility index (Phi) is 1.59. The summed E-state index contributed by atoms with van der Waals surface area (Å²) < 4.78 is 0. The van der Waals surface area contributed by atoms with E-state index in [9.17, 15) is 20.4 Å². The maximum Gasteiger partial charge on any atom is 0.232 e. The zero-order chi connectivity index (χ0) is 11.1. The predicted octanol–water partition coefficient (Wildman–Crippen LogP) is -0.843. The van der Waals surface area contributed by atoms with E-state index in [1.807, 2.05) is 0 Å². The van der Waals surface area contributed by atoms with E-state index >= 15 is 0 Å². The summed E-state index contributed by atoms with van der Waals surface area (Å²) in [5.41, 5.74) is -0.0784. The van der Waals surface area contributed by atoms with Crippen molar-refractivity contribution < 1.29 is 20.4 Å². The Bertz CT molecular complexity index is 311. The molecule has 2 saturated heterocycles. The van der Waals surface area contributed by atoms with Crippen LogP contribution in [0.5, 0.6) is 0 Å². The molecule has 0 aromatic carbocycles. The van der Waals surface area contributed by atoms with E-state index in [-0.39, 0.29) is 23.8 Å².